The Morgan fingerprint density at radius 1 is 1.17 bits per heavy atom. The molecule has 3 atom stereocenters. The van der Waals surface area contributed by atoms with Crippen LogP contribution in [-0.4, -0.2) is 71.0 Å². The van der Waals surface area contributed by atoms with Crippen molar-refractivity contribution in [2.45, 2.75) is 38.8 Å². The van der Waals surface area contributed by atoms with Gasteiger partial charge in [-0.15, -0.1) is 0 Å². The Balaban J connectivity index is 0.000000590. The number of benzene rings is 1. The Morgan fingerprint density at radius 2 is 1.83 bits per heavy atom. The number of primary amides is 1. The fraction of sp³-hybridized carbons (Fsp3) is 0.455. The lowest BCUT2D eigenvalue weighted by Crippen LogP contribution is -2.43. The number of carbonyl (C=O) groups excluding carboxylic acids is 3. The topological polar surface area (TPSA) is 156 Å². The minimum atomic E-state index is -1.26. The standard InChI is InChI=1S/C17H21F3N4O2.C4H4O4.CH4/c18-12-6-14(20)13(19)4-10(12)3-11(21)5-16(25)24-2-1-9-7-23(17(22)26)8-15(9)24;5-3-8-2-1-4(6)7;/h4,6,9,11,15H,1-3,5,7-8,21H2,(H2,22,26);1-3H,(H,6,7);1H4/b;2-1+;/t9-,11+,15+;;/m0../s1. The Bertz CT molecular complexity index is 961. The molecule has 0 aliphatic carbocycles. The van der Waals surface area contributed by atoms with Gasteiger partial charge in [-0.1, -0.05) is 7.43 Å². The number of carboxylic acid groups (broad SMARTS) is 1. The molecule has 3 amide bonds. The second-order valence-corrected chi connectivity index (χ2v) is 7.85. The highest BCUT2D eigenvalue weighted by molar-refractivity contribution is 5.79. The molecule has 0 spiro atoms. The molecule has 2 aliphatic heterocycles. The zero-order valence-corrected chi connectivity index (χ0v) is 18.0. The van der Waals surface area contributed by atoms with Crippen LogP contribution in [0.4, 0.5) is 18.0 Å². The number of halogens is 3. The Morgan fingerprint density at radius 3 is 2.43 bits per heavy atom. The van der Waals surface area contributed by atoms with Crippen LogP contribution < -0.4 is 11.5 Å². The molecule has 0 bridgehead atoms. The van der Waals surface area contributed by atoms with Gasteiger partial charge in [0.05, 0.1) is 12.1 Å². The molecule has 1 aromatic carbocycles. The molecule has 0 unspecified atom stereocenters. The molecule has 194 valence electrons. The second-order valence-electron chi connectivity index (χ2n) is 7.85. The summed E-state index contributed by atoms with van der Waals surface area (Å²) in [5.74, 6) is -4.45. The summed E-state index contributed by atoms with van der Waals surface area (Å²) in [5.41, 5.74) is 11.2. The number of nitrogens with two attached hydrogens (primary N) is 2. The van der Waals surface area contributed by atoms with Gasteiger partial charge in [-0.3, -0.25) is 9.59 Å². The Labute approximate surface area is 200 Å². The number of aliphatic carboxylic acids is 1. The van der Waals surface area contributed by atoms with Crippen LogP contribution >= 0.6 is 0 Å². The van der Waals surface area contributed by atoms with Gasteiger partial charge in [-0.2, -0.15) is 0 Å². The van der Waals surface area contributed by atoms with Crippen LogP contribution in [0.15, 0.2) is 24.5 Å². The molecular formula is C22H29F3N4O6. The van der Waals surface area contributed by atoms with Gasteiger partial charge in [0.15, 0.2) is 11.6 Å². The van der Waals surface area contributed by atoms with E-state index in [1.807, 2.05) is 0 Å². The molecule has 2 fully saturated rings. The van der Waals surface area contributed by atoms with Gasteiger partial charge in [-0.05, 0) is 24.5 Å². The molecule has 1 aromatic rings. The highest BCUT2D eigenvalue weighted by atomic mass is 19.2. The predicted molar refractivity (Wildman–Crippen MR) is 118 cm³/mol. The van der Waals surface area contributed by atoms with Crippen molar-refractivity contribution < 1.29 is 42.2 Å². The number of ether oxygens (including phenoxy) is 1. The average Bonchev–Trinajstić information content (AvgIpc) is 3.33. The second kappa shape index (κ2) is 13.3. The van der Waals surface area contributed by atoms with Crippen molar-refractivity contribution in [3.63, 3.8) is 0 Å². The van der Waals surface area contributed by atoms with E-state index in [4.69, 9.17) is 16.6 Å². The van der Waals surface area contributed by atoms with E-state index in [1.54, 1.807) is 4.90 Å². The van der Waals surface area contributed by atoms with Gasteiger partial charge in [0.1, 0.15) is 12.1 Å². The van der Waals surface area contributed by atoms with E-state index in [1.165, 1.54) is 4.90 Å². The van der Waals surface area contributed by atoms with Gasteiger partial charge in [0.2, 0.25) is 5.91 Å². The van der Waals surface area contributed by atoms with Crippen LogP contribution in [0.3, 0.4) is 0 Å². The maximum absolute atomic E-state index is 13.7. The summed E-state index contributed by atoms with van der Waals surface area (Å²) in [6.45, 7) is 1.65. The summed E-state index contributed by atoms with van der Waals surface area (Å²) in [4.78, 5) is 46.0. The molecule has 2 heterocycles. The van der Waals surface area contributed by atoms with Crippen LogP contribution in [0.1, 0.15) is 25.8 Å². The minimum Gasteiger partial charge on any atom is -0.478 e. The van der Waals surface area contributed by atoms with Crippen LogP contribution in [-0.2, 0) is 25.5 Å². The number of urea groups is 1. The SMILES string of the molecule is C.NC(=O)N1C[C@@H]2CCN(C(=O)C[C@H](N)Cc3cc(F)c(F)cc3F)[C@@H]2C1.O=CO/C=C/C(=O)O. The quantitative estimate of drug-likeness (QED) is 0.220. The molecule has 0 aromatic heterocycles. The zero-order chi connectivity index (χ0) is 25.4. The van der Waals surface area contributed by atoms with Crippen molar-refractivity contribution in [3.05, 3.63) is 47.5 Å². The average molecular weight is 502 g/mol. The normalized spacial score (nSPS) is 19.3. The third-order valence-electron chi connectivity index (χ3n) is 5.53. The molecular weight excluding hydrogens is 473 g/mol. The highest BCUT2D eigenvalue weighted by Gasteiger charge is 2.44. The Kier molecular flexibility index (Phi) is 11.2. The van der Waals surface area contributed by atoms with Crippen LogP contribution in [0, 0.1) is 23.4 Å². The van der Waals surface area contributed by atoms with Gasteiger partial charge in [-0.25, -0.2) is 22.8 Å². The smallest absolute Gasteiger partial charge is 0.331 e. The predicted octanol–water partition coefficient (Wildman–Crippen LogP) is 1.37. The van der Waals surface area contributed by atoms with E-state index in [9.17, 15) is 32.3 Å². The fourth-order valence-corrected chi connectivity index (χ4v) is 4.00. The van der Waals surface area contributed by atoms with Crippen molar-refractivity contribution in [1.82, 2.24) is 9.80 Å². The van der Waals surface area contributed by atoms with Gasteiger partial charge >= 0.3 is 12.0 Å². The lowest BCUT2D eigenvalue weighted by atomic mass is 10.0. The molecule has 13 heteroatoms. The lowest BCUT2D eigenvalue weighted by molar-refractivity contribution is -0.133. The number of amides is 3. The Hall–Kier alpha value is -3.61. The first-order valence-electron chi connectivity index (χ1n) is 10.2. The van der Waals surface area contributed by atoms with Crippen molar-refractivity contribution in [1.29, 1.82) is 0 Å². The third-order valence-corrected chi connectivity index (χ3v) is 5.53. The van der Waals surface area contributed by atoms with E-state index in [0.717, 1.165) is 18.7 Å². The number of carbonyl (C=O) groups is 4. The molecule has 0 radical (unpaired) electrons. The number of carboxylic acids is 1. The molecule has 10 nitrogen and oxygen atoms in total. The summed E-state index contributed by atoms with van der Waals surface area (Å²) < 4.78 is 43.9. The lowest BCUT2D eigenvalue weighted by Gasteiger charge is -2.26. The third kappa shape index (κ3) is 8.28. The molecule has 5 N–H and O–H groups in total. The minimum absolute atomic E-state index is 0. The first-order chi connectivity index (χ1) is 16.0. The summed E-state index contributed by atoms with van der Waals surface area (Å²) >= 11 is 0. The monoisotopic (exact) mass is 502 g/mol. The van der Waals surface area contributed by atoms with E-state index in [2.05, 4.69) is 4.74 Å². The van der Waals surface area contributed by atoms with E-state index in [0.29, 0.717) is 31.8 Å². The first kappa shape index (κ1) is 29.4. The molecule has 2 saturated heterocycles. The van der Waals surface area contributed by atoms with Crippen molar-refractivity contribution >= 4 is 24.4 Å². The van der Waals surface area contributed by atoms with E-state index >= 15 is 0 Å². The number of fused-ring (bicyclic) bond motifs is 1. The van der Waals surface area contributed by atoms with Crippen LogP contribution in [0.2, 0.25) is 0 Å². The number of rotatable bonds is 7. The molecule has 35 heavy (non-hydrogen) atoms. The van der Waals surface area contributed by atoms with Gasteiger partial charge in [0.25, 0.3) is 6.47 Å². The summed E-state index contributed by atoms with van der Waals surface area (Å²) in [6, 6.07) is -0.0711. The number of hydrogen-bond donors (Lipinski definition) is 3. The first-order valence-corrected chi connectivity index (χ1v) is 10.2. The van der Waals surface area contributed by atoms with Crippen molar-refractivity contribution in [2.75, 3.05) is 19.6 Å². The van der Waals surface area contributed by atoms with E-state index in [-0.39, 0.29) is 50.2 Å². The summed E-state index contributed by atoms with van der Waals surface area (Å²) in [7, 11) is 0. The van der Waals surface area contributed by atoms with E-state index < -0.39 is 35.5 Å². The molecule has 0 saturated carbocycles. The van der Waals surface area contributed by atoms with Crippen molar-refractivity contribution in [2.24, 2.45) is 17.4 Å². The van der Waals surface area contributed by atoms with Gasteiger partial charge in [0, 0.05) is 44.1 Å². The summed E-state index contributed by atoms with van der Waals surface area (Å²) in [6.07, 6.45) is 2.17. The number of nitrogens with zero attached hydrogens (tertiary/aromatic N) is 2. The molecule has 3 rings (SSSR count). The fourth-order valence-electron chi connectivity index (χ4n) is 4.00. The highest BCUT2D eigenvalue weighted by Crippen LogP contribution is 2.32. The van der Waals surface area contributed by atoms with Crippen molar-refractivity contribution in [3.8, 4) is 0 Å². The molecule has 2 aliphatic rings. The largest absolute Gasteiger partial charge is 0.478 e. The zero-order valence-electron chi connectivity index (χ0n) is 18.0. The summed E-state index contributed by atoms with van der Waals surface area (Å²) in [5, 5.41) is 7.86. The maximum Gasteiger partial charge on any atom is 0.331 e. The maximum atomic E-state index is 13.7. The van der Waals surface area contributed by atoms with Crippen LogP contribution in [0.25, 0.3) is 0 Å². The van der Waals surface area contributed by atoms with Crippen LogP contribution in [0.5, 0.6) is 0 Å². The van der Waals surface area contributed by atoms with Gasteiger partial charge < -0.3 is 31.1 Å². The number of likely N-dealkylation sites (tertiary alicyclic amines) is 2. The number of hydrogen-bond acceptors (Lipinski definition) is 6.